The molecule has 1 amide bonds. The van der Waals surface area contributed by atoms with Gasteiger partial charge in [0.1, 0.15) is 12.3 Å². The highest BCUT2D eigenvalue weighted by Crippen LogP contribution is 2.34. The van der Waals surface area contributed by atoms with Crippen molar-refractivity contribution in [2.75, 3.05) is 30.4 Å². The van der Waals surface area contributed by atoms with Crippen molar-refractivity contribution in [1.29, 1.82) is 0 Å². The van der Waals surface area contributed by atoms with Gasteiger partial charge in [0.15, 0.2) is 0 Å². The number of ether oxygens (including phenoxy) is 1. The molecule has 9 heteroatoms. The number of hydrogen-bond donors (Lipinski definition) is 2. The topological polar surface area (TPSA) is 93.5 Å². The van der Waals surface area contributed by atoms with Crippen molar-refractivity contribution in [2.24, 2.45) is 0 Å². The fourth-order valence-corrected chi connectivity index (χ4v) is 1.98. The normalized spacial score (nSPS) is 13.2. The first-order chi connectivity index (χ1) is 9.97. The smallest absolute Gasteiger partial charge is 0.292 e. The molecule has 0 atom stereocenters. The lowest BCUT2D eigenvalue weighted by atomic mass is 10.1. The van der Waals surface area contributed by atoms with Gasteiger partial charge in [-0.3, -0.25) is 14.9 Å². The minimum atomic E-state index is -2.55. The van der Waals surface area contributed by atoms with Crippen LogP contribution >= 0.6 is 0 Å². The number of fused-ring (bicyclic) bond motifs is 1. The third-order valence-electron chi connectivity index (χ3n) is 2.85. The molecule has 0 radical (unpaired) electrons. The van der Waals surface area contributed by atoms with E-state index < -0.39 is 18.0 Å². The SMILES string of the molecule is O=C1Cc2cc([N+](=O)[O-])c(NCCOCC(F)F)cc2N1. The standard InChI is InChI=1S/C12H13F2N3O4/c13-11(14)6-21-2-1-15-9-5-8-7(4-12(18)16-8)3-10(9)17(19)20/h3,5,11,15H,1-2,4,6H2,(H,16,18). The zero-order chi connectivity index (χ0) is 15.4. The molecule has 1 aromatic rings. The van der Waals surface area contributed by atoms with Gasteiger partial charge < -0.3 is 15.4 Å². The minimum absolute atomic E-state index is 0.00899. The third-order valence-corrected chi connectivity index (χ3v) is 2.85. The van der Waals surface area contributed by atoms with E-state index in [9.17, 15) is 23.7 Å². The fraction of sp³-hybridized carbons (Fsp3) is 0.417. The monoisotopic (exact) mass is 301 g/mol. The second kappa shape index (κ2) is 6.44. The molecule has 0 saturated heterocycles. The number of carbonyl (C=O) groups is 1. The second-order valence-electron chi connectivity index (χ2n) is 4.40. The number of nitrogens with zero attached hydrogens (tertiary/aromatic N) is 1. The van der Waals surface area contributed by atoms with Crippen LogP contribution in [0.1, 0.15) is 5.56 Å². The van der Waals surface area contributed by atoms with Gasteiger partial charge in [0.25, 0.3) is 12.1 Å². The summed E-state index contributed by atoms with van der Waals surface area (Å²) in [4.78, 5) is 21.7. The van der Waals surface area contributed by atoms with E-state index in [4.69, 9.17) is 0 Å². The number of carbonyl (C=O) groups excluding carboxylic acids is 1. The van der Waals surface area contributed by atoms with Crippen LogP contribution in [0.2, 0.25) is 0 Å². The predicted molar refractivity (Wildman–Crippen MR) is 70.7 cm³/mol. The molecule has 0 spiro atoms. The molecule has 0 aromatic heterocycles. The molecule has 7 nitrogen and oxygen atoms in total. The van der Waals surface area contributed by atoms with Crippen LogP contribution in [0, 0.1) is 10.1 Å². The molecule has 2 rings (SSSR count). The van der Waals surface area contributed by atoms with Crippen molar-refractivity contribution in [3.8, 4) is 0 Å². The molecule has 0 aliphatic carbocycles. The van der Waals surface area contributed by atoms with Crippen molar-refractivity contribution in [3.05, 3.63) is 27.8 Å². The lowest BCUT2D eigenvalue weighted by molar-refractivity contribution is -0.384. The van der Waals surface area contributed by atoms with Gasteiger partial charge in [-0.25, -0.2) is 8.78 Å². The number of nitrogens with one attached hydrogen (secondary N) is 2. The van der Waals surface area contributed by atoms with Gasteiger partial charge in [-0.15, -0.1) is 0 Å². The van der Waals surface area contributed by atoms with E-state index in [1.807, 2.05) is 0 Å². The van der Waals surface area contributed by atoms with Crippen LogP contribution in [0.3, 0.4) is 0 Å². The third kappa shape index (κ3) is 3.85. The highest BCUT2D eigenvalue weighted by molar-refractivity contribution is 6.00. The summed E-state index contributed by atoms with van der Waals surface area (Å²) < 4.78 is 28.4. The quantitative estimate of drug-likeness (QED) is 0.455. The number of nitro groups is 1. The Morgan fingerprint density at radius 3 is 2.90 bits per heavy atom. The highest BCUT2D eigenvalue weighted by atomic mass is 19.3. The molecule has 2 N–H and O–H groups in total. The van der Waals surface area contributed by atoms with Crippen molar-refractivity contribution >= 4 is 23.0 Å². The van der Waals surface area contributed by atoms with Crippen molar-refractivity contribution in [1.82, 2.24) is 0 Å². The molecule has 1 aliphatic rings. The molecule has 1 heterocycles. The van der Waals surface area contributed by atoms with E-state index in [0.717, 1.165) is 0 Å². The number of hydrogen-bond acceptors (Lipinski definition) is 5. The van der Waals surface area contributed by atoms with Crippen LogP contribution in [0.4, 0.5) is 25.8 Å². The Hall–Kier alpha value is -2.29. The summed E-state index contributed by atoms with van der Waals surface area (Å²) in [6.45, 7) is -0.546. The van der Waals surface area contributed by atoms with E-state index in [2.05, 4.69) is 15.4 Å². The molecule has 1 aliphatic heterocycles. The Bertz CT molecular complexity index is 566. The van der Waals surface area contributed by atoms with E-state index >= 15 is 0 Å². The lowest BCUT2D eigenvalue weighted by Gasteiger charge is -2.09. The Labute approximate surface area is 118 Å². The van der Waals surface area contributed by atoms with Crippen molar-refractivity contribution in [3.63, 3.8) is 0 Å². The van der Waals surface area contributed by atoms with E-state index in [1.165, 1.54) is 12.1 Å². The Morgan fingerprint density at radius 1 is 1.48 bits per heavy atom. The maximum absolute atomic E-state index is 11.9. The average molecular weight is 301 g/mol. The number of benzene rings is 1. The maximum Gasteiger partial charge on any atom is 0.292 e. The molecular weight excluding hydrogens is 288 g/mol. The first kappa shape index (κ1) is 15.1. The van der Waals surface area contributed by atoms with E-state index in [0.29, 0.717) is 11.3 Å². The summed E-state index contributed by atoms with van der Waals surface area (Å²) >= 11 is 0. The minimum Gasteiger partial charge on any atom is -0.377 e. The molecule has 0 saturated carbocycles. The Kier molecular flexibility index (Phi) is 4.63. The number of alkyl halides is 2. The van der Waals surface area contributed by atoms with Gasteiger partial charge in [0, 0.05) is 18.3 Å². The number of halogens is 2. The average Bonchev–Trinajstić information content (AvgIpc) is 2.75. The van der Waals surface area contributed by atoms with Crippen molar-refractivity contribution < 1.29 is 23.2 Å². The first-order valence-electron chi connectivity index (χ1n) is 6.18. The molecule has 114 valence electrons. The molecular formula is C12H13F2N3O4. The van der Waals surface area contributed by atoms with Crippen LogP contribution in [-0.4, -0.2) is 37.0 Å². The first-order valence-corrected chi connectivity index (χ1v) is 6.18. The maximum atomic E-state index is 11.9. The number of amides is 1. The Balaban J connectivity index is 2.03. The summed E-state index contributed by atoms with van der Waals surface area (Å²) in [5.74, 6) is -0.225. The summed E-state index contributed by atoms with van der Waals surface area (Å²) in [6.07, 6.45) is -2.44. The van der Waals surface area contributed by atoms with Gasteiger partial charge in [-0.1, -0.05) is 0 Å². The van der Waals surface area contributed by atoms with Gasteiger partial charge >= 0.3 is 0 Å². The zero-order valence-electron chi connectivity index (χ0n) is 10.9. The van der Waals surface area contributed by atoms with Crippen molar-refractivity contribution in [2.45, 2.75) is 12.8 Å². The zero-order valence-corrected chi connectivity index (χ0v) is 10.9. The van der Waals surface area contributed by atoms with Gasteiger partial charge in [-0.05, 0) is 11.6 Å². The van der Waals surface area contributed by atoms with E-state index in [1.54, 1.807) is 0 Å². The highest BCUT2D eigenvalue weighted by Gasteiger charge is 2.24. The largest absolute Gasteiger partial charge is 0.377 e. The molecule has 0 fully saturated rings. The number of nitro benzene ring substituents is 1. The van der Waals surface area contributed by atoms with Crippen LogP contribution in [0.15, 0.2) is 12.1 Å². The van der Waals surface area contributed by atoms with Crippen LogP contribution in [0.25, 0.3) is 0 Å². The van der Waals surface area contributed by atoms with Gasteiger partial charge in [0.2, 0.25) is 5.91 Å². The van der Waals surface area contributed by atoms with Crippen LogP contribution < -0.4 is 10.6 Å². The van der Waals surface area contributed by atoms with Crippen LogP contribution in [0.5, 0.6) is 0 Å². The summed E-state index contributed by atoms with van der Waals surface area (Å²) in [5, 5.41) is 16.3. The molecule has 21 heavy (non-hydrogen) atoms. The van der Waals surface area contributed by atoms with E-state index in [-0.39, 0.29) is 36.9 Å². The summed E-state index contributed by atoms with van der Waals surface area (Å²) in [6, 6.07) is 2.79. The van der Waals surface area contributed by atoms with Crippen LogP contribution in [-0.2, 0) is 16.0 Å². The molecule has 0 bridgehead atoms. The second-order valence-corrected chi connectivity index (χ2v) is 4.40. The number of rotatable bonds is 7. The van der Waals surface area contributed by atoms with Gasteiger partial charge in [0.05, 0.1) is 18.0 Å². The number of anilines is 2. The summed E-state index contributed by atoms with van der Waals surface area (Å²) in [7, 11) is 0. The Morgan fingerprint density at radius 2 is 2.24 bits per heavy atom. The summed E-state index contributed by atoms with van der Waals surface area (Å²) in [5.41, 5.74) is 1.12. The predicted octanol–water partition coefficient (Wildman–Crippen LogP) is 1.78. The molecule has 0 unspecified atom stereocenters. The molecule has 1 aromatic carbocycles. The van der Waals surface area contributed by atoms with Gasteiger partial charge in [-0.2, -0.15) is 0 Å². The lowest BCUT2D eigenvalue weighted by Crippen LogP contribution is -2.14. The fourth-order valence-electron chi connectivity index (χ4n) is 1.98.